The average Bonchev–Trinajstić information content (AvgIpc) is 2.30. The molecule has 0 unspecified atom stereocenters. The number of pyridine rings is 1. The number of amides is 1. The van der Waals surface area contributed by atoms with E-state index in [2.05, 4.69) is 4.98 Å². The number of nitrogens with zero attached hydrogens (tertiary/aromatic N) is 1. The fraction of sp³-hybridized carbons (Fsp3) is 0.0769. The molecule has 0 aliphatic heterocycles. The molecule has 2 N–H and O–H groups in total. The highest BCUT2D eigenvalue weighted by molar-refractivity contribution is 6.30. The second-order valence-corrected chi connectivity index (χ2v) is 4.21. The van der Waals surface area contributed by atoms with E-state index in [1.54, 1.807) is 24.4 Å². The molecule has 0 atom stereocenters. The SMILES string of the molecule is Cc1ccc(-c2ccc(Cl)cn2)c(C(N)=O)c1. The number of carbonyl (C=O) groups is 1. The molecule has 4 heteroatoms. The number of hydrogen-bond acceptors (Lipinski definition) is 2. The van der Waals surface area contributed by atoms with Gasteiger partial charge in [-0.3, -0.25) is 9.78 Å². The maximum atomic E-state index is 11.4. The number of nitrogens with two attached hydrogens (primary N) is 1. The number of carbonyl (C=O) groups excluding carboxylic acids is 1. The lowest BCUT2D eigenvalue weighted by Crippen LogP contribution is -2.12. The maximum Gasteiger partial charge on any atom is 0.249 e. The molecule has 0 aliphatic carbocycles. The lowest BCUT2D eigenvalue weighted by molar-refractivity contribution is 0.100. The van der Waals surface area contributed by atoms with Gasteiger partial charge in [0, 0.05) is 17.3 Å². The molecule has 2 aromatic rings. The number of rotatable bonds is 2. The molecular formula is C13H11ClN2O. The summed E-state index contributed by atoms with van der Waals surface area (Å²) in [5, 5.41) is 0.557. The second kappa shape index (κ2) is 4.55. The highest BCUT2D eigenvalue weighted by atomic mass is 35.5. The first-order chi connectivity index (χ1) is 8.08. The molecule has 0 saturated carbocycles. The topological polar surface area (TPSA) is 56.0 Å². The summed E-state index contributed by atoms with van der Waals surface area (Å²) >= 11 is 5.77. The van der Waals surface area contributed by atoms with Crippen molar-refractivity contribution in [3.05, 3.63) is 52.7 Å². The van der Waals surface area contributed by atoms with E-state index in [-0.39, 0.29) is 0 Å². The van der Waals surface area contributed by atoms with E-state index in [1.165, 1.54) is 0 Å². The minimum absolute atomic E-state index is 0.458. The van der Waals surface area contributed by atoms with Gasteiger partial charge in [-0.15, -0.1) is 0 Å². The van der Waals surface area contributed by atoms with E-state index in [9.17, 15) is 4.79 Å². The van der Waals surface area contributed by atoms with E-state index < -0.39 is 5.91 Å². The minimum Gasteiger partial charge on any atom is -0.366 e. The zero-order chi connectivity index (χ0) is 12.4. The predicted molar refractivity (Wildman–Crippen MR) is 67.9 cm³/mol. The van der Waals surface area contributed by atoms with Crippen LogP contribution < -0.4 is 5.73 Å². The zero-order valence-corrected chi connectivity index (χ0v) is 10.0. The van der Waals surface area contributed by atoms with Crippen molar-refractivity contribution in [2.75, 3.05) is 0 Å². The van der Waals surface area contributed by atoms with Gasteiger partial charge in [0.2, 0.25) is 5.91 Å². The Kier molecular flexibility index (Phi) is 3.11. The van der Waals surface area contributed by atoms with Crippen molar-refractivity contribution in [1.29, 1.82) is 0 Å². The minimum atomic E-state index is -0.458. The largest absolute Gasteiger partial charge is 0.366 e. The first kappa shape index (κ1) is 11.6. The van der Waals surface area contributed by atoms with E-state index in [4.69, 9.17) is 17.3 Å². The lowest BCUT2D eigenvalue weighted by Gasteiger charge is -2.07. The van der Waals surface area contributed by atoms with Gasteiger partial charge in [-0.2, -0.15) is 0 Å². The molecule has 1 heterocycles. The first-order valence-corrected chi connectivity index (χ1v) is 5.48. The van der Waals surface area contributed by atoms with Crippen LogP contribution in [0.1, 0.15) is 15.9 Å². The number of benzene rings is 1. The summed E-state index contributed by atoms with van der Waals surface area (Å²) in [7, 11) is 0. The molecule has 86 valence electrons. The van der Waals surface area contributed by atoms with Crippen molar-refractivity contribution in [2.24, 2.45) is 5.73 Å². The van der Waals surface area contributed by atoms with E-state index in [1.807, 2.05) is 19.1 Å². The molecule has 0 spiro atoms. The third-order valence-corrected chi connectivity index (χ3v) is 2.67. The van der Waals surface area contributed by atoms with Crippen molar-refractivity contribution in [3.63, 3.8) is 0 Å². The molecule has 1 aromatic carbocycles. The summed E-state index contributed by atoms with van der Waals surface area (Å²) in [6, 6.07) is 9.01. The number of hydrogen-bond donors (Lipinski definition) is 1. The van der Waals surface area contributed by atoms with Gasteiger partial charge >= 0.3 is 0 Å². The summed E-state index contributed by atoms with van der Waals surface area (Å²) in [4.78, 5) is 15.6. The molecule has 0 bridgehead atoms. The van der Waals surface area contributed by atoms with Crippen LogP contribution in [0.2, 0.25) is 5.02 Å². The molecule has 1 amide bonds. The van der Waals surface area contributed by atoms with Crippen LogP contribution in [0.15, 0.2) is 36.5 Å². The van der Waals surface area contributed by atoms with Gasteiger partial charge in [-0.25, -0.2) is 0 Å². The van der Waals surface area contributed by atoms with E-state index in [0.29, 0.717) is 16.3 Å². The third-order valence-electron chi connectivity index (χ3n) is 2.44. The Balaban J connectivity index is 2.58. The normalized spacial score (nSPS) is 10.2. The molecule has 0 saturated heterocycles. The number of aromatic nitrogens is 1. The Bertz CT molecular complexity index is 564. The number of aryl methyl sites for hydroxylation is 1. The van der Waals surface area contributed by atoms with Crippen LogP contribution in [0.5, 0.6) is 0 Å². The molecule has 0 radical (unpaired) electrons. The van der Waals surface area contributed by atoms with E-state index in [0.717, 1.165) is 11.1 Å². The van der Waals surface area contributed by atoms with Crippen LogP contribution >= 0.6 is 11.6 Å². The van der Waals surface area contributed by atoms with E-state index >= 15 is 0 Å². The fourth-order valence-corrected chi connectivity index (χ4v) is 1.73. The molecule has 1 aromatic heterocycles. The molecule has 2 rings (SSSR count). The summed E-state index contributed by atoms with van der Waals surface area (Å²) in [5.74, 6) is -0.458. The summed E-state index contributed by atoms with van der Waals surface area (Å²) in [5.41, 5.74) is 8.22. The third kappa shape index (κ3) is 2.45. The van der Waals surface area contributed by atoms with Gasteiger partial charge in [0.25, 0.3) is 0 Å². The molecule has 0 aliphatic rings. The predicted octanol–water partition coefficient (Wildman–Crippen LogP) is 2.81. The number of halogens is 1. The van der Waals surface area contributed by atoms with Crippen molar-refractivity contribution in [3.8, 4) is 11.3 Å². The Hall–Kier alpha value is -1.87. The Labute approximate surface area is 104 Å². The van der Waals surface area contributed by atoms with Crippen LogP contribution in [0.25, 0.3) is 11.3 Å². The Morgan fingerprint density at radius 1 is 1.29 bits per heavy atom. The quantitative estimate of drug-likeness (QED) is 0.886. The number of primary amides is 1. The molecule has 3 nitrogen and oxygen atoms in total. The second-order valence-electron chi connectivity index (χ2n) is 3.77. The zero-order valence-electron chi connectivity index (χ0n) is 9.27. The highest BCUT2D eigenvalue weighted by Crippen LogP contribution is 2.23. The standard InChI is InChI=1S/C13H11ClN2O/c1-8-2-4-10(11(6-8)13(15)17)12-5-3-9(14)7-16-12/h2-7H,1H3,(H2,15,17). The smallest absolute Gasteiger partial charge is 0.249 e. The Morgan fingerprint density at radius 2 is 2.06 bits per heavy atom. The van der Waals surface area contributed by atoms with Gasteiger partial charge in [0.1, 0.15) is 0 Å². The van der Waals surface area contributed by atoms with Crippen LogP contribution in [-0.4, -0.2) is 10.9 Å². The van der Waals surface area contributed by atoms with Gasteiger partial charge in [-0.1, -0.05) is 29.3 Å². The molecular weight excluding hydrogens is 236 g/mol. The van der Waals surface area contributed by atoms with Crippen LogP contribution in [0.4, 0.5) is 0 Å². The average molecular weight is 247 g/mol. The summed E-state index contributed by atoms with van der Waals surface area (Å²) in [6.45, 7) is 1.91. The van der Waals surface area contributed by atoms with Gasteiger partial charge in [0.15, 0.2) is 0 Å². The maximum absolute atomic E-state index is 11.4. The fourth-order valence-electron chi connectivity index (χ4n) is 1.62. The van der Waals surface area contributed by atoms with Crippen LogP contribution in [-0.2, 0) is 0 Å². The molecule has 0 fully saturated rings. The van der Waals surface area contributed by atoms with Gasteiger partial charge in [-0.05, 0) is 25.1 Å². The Morgan fingerprint density at radius 3 is 2.65 bits per heavy atom. The van der Waals surface area contributed by atoms with Crippen molar-refractivity contribution >= 4 is 17.5 Å². The summed E-state index contributed by atoms with van der Waals surface area (Å²) in [6.07, 6.45) is 1.54. The van der Waals surface area contributed by atoms with Gasteiger partial charge in [0.05, 0.1) is 10.7 Å². The lowest BCUT2D eigenvalue weighted by atomic mass is 10.0. The summed E-state index contributed by atoms with van der Waals surface area (Å²) < 4.78 is 0. The van der Waals surface area contributed by atoms with Crippen molar-refractivity contribution < 1.29 is 4.79 Å². The van der Waals surface area contributed by atoms with Gasteiger partial charge < -0.3 is 5.73 Å². The first-order valence-electron chi connectivity index (χ1n) is 5.10. The van der Waals surface area contributed by atoms with Crippen molar-refractivity contribution in [1.82, 2.24) is 4.98 Å². The van der Waals surface area contributed by atoms with Crippen LogP contribution in [0.3, 0.4) is 0 Å². The monoisotopic (exact) mass is 246 g/mol. The van der Waals surface area contributed by atoms with Crippen LogP contribution in [0, 0.1) is 6.92 Å². The molecule has 17 heavy (non-hydrogen) atoms. The highest BCUT2D eigenvalue weighted by Gasteiger charge is 2.10. The van der Waals surface area contributed by atoms with Crippen molar-refractivity contribution in [2.45, 2.75) is 6.92 Å².